The number of carbonyl (C=O) groups excluding carboxylic acids is 1. The van der Waals surface area contributed by atoms with Gasteiger partial charge in [0.05, 0.1) is 11.0 Å². The Bertz CT molecular complexity index is 1340. The number of nitro benzene ring substituents is 1. The van der Waals surface area contributed by atoms with E-state index in [0.717, 1.165) is 31.7 Å². The summed E-state index contributed by atoms with van der Waals surface area (Å²) in [7, 11) is -3.06. The van der Waals surface area contributed by atoms with Crippen LogP contribution in [0.4, 0.5) is 5.69 Å². The van der Waals surface area contributed by atoms with Crippen molar-refractivity contribution < 1.29 is 23.5 Å². The molecule has 3 aromatic carbocycles. The van der Waals surface area contributed by atoms with Crippen LogP contribution in [0.25, 0.3) is 0 Å². The van der Waals surface area contributed by atoms with E-state index in [4.69, 9.17) is 9.26 Å². The summed E-state index contributed by atoms with van der Waals surface area (Å²) in [5, 5.41) is 11.7. The fourth-order valence-electron chi connectivity index (χ4n) is 4.15. The van der Waals surface area contributed by atoms with Gasteiger partial charge in [-0.3, -0.25) is 24.0 Å². The standard InChI is InChI=1S/C27H28N3O6P/c1-19(21-6-4-3-5-7-21)27(31)22-8-11-24(12-9-22)35-26-18-23(10-13-25(26)30(32)33)20(2)36-37(34,28-14-15-28)29-16-17-29/h3-13,18-20H,14-17H2,1-2H3. The van der Waals surface area contributed by atoms with Crippen molar-refractivity contribution in [2.75, 3.05) is 26.2 Å². The third-order valence-electron chi connectivity index (χ3n) is 6.57. The molecule has 0 saturated carbocycles. The second-order valence-electron chi connectivity index (χ2n) is 9.25. The lowest BCUT2D eigenvalue weighted by Gasteiger charge is -2.24. The lowest BCUT2D eigenvalue weighted by atomic mass is 9.92. The number of rotatable bonds is 11. The average Bonchev–Trinajstić information content (AvgIpc) is 3.81. The summed E-state index contributed by atoms with van der Waals surface area (Å²) in [6.45, 7) is 6.57. The maximum atomic E-state index is 13.4. The zero-order valence-electron chi connectivity index (χ0n) is 20.6. The molecule has 10 heteroatoms. The number of nitrogens with zero attached hydrogens (tertiary/aromatic N) is 3. The molecule has 2 aliphatic heterocycles. The molecule has 2 aliphatic rings. The van der Waals surface area contributed by atoms with E-state index in [1.54, 1.807) is 43.3 Å². The van der Waals surface area contributed by atoms with Gasteiger partial charge in [0.2, 0.25) is 5.75 Å². The summed E-state index contributed by atoms with van der Waals surface area (Å²) in [4.78, 5) is 24.1. The van der Waals surface area contributed by atoms with Crippen LogP contribution in [0.2, 0.25) is 0 Å². The topological polar surface area (TPSA) is 102 Å². The monoisotopic (exact) mass is 521 g/mol. The molecule has 0 aromatic heterocycles. The van der Waals surface area contributed by atoms with Crippen molar-refractivity contribution in [3.63, 3.8) is 0 Å². The summed E-state index contributed by atoms with van der Waals surface area (Å²) in [5.74, 6) is 0.0700. The van der Waals surface area contributed by atoms with Gasteiger partial charge in [0.15, 0.2) is 5.78 Å². The van der Waals surface area contributed by atoms with Gasteiger partial charge in [-0.1, -0.05) is 37.3 Å². The molecule has 2 atom stereocenters. The summed E-state index contributed by atoms with van der Waals surface area (Å²) < 4.78 is 28.9. The van der Waals surface area contributed by atoms with Gasteiger partial charge >= 0.3 is 13.4 Å². The highest BCUT2D eigenvalue weighted by Gasteiger charge is 2.50. The highest BCUT2D eigenvalue weighted by atomic mass is 31.2. The fraction of sp³-hybridized carbons (Fsp3) is 0.296. The molecule has 5 rings (SSSR count). The summed E-state index contributed by atoms with van der Waals surface area (Å²) >= 11 is 0. The lowest BCUT2D eigenvalue weighted by molar-refractivity contribution is -0.385. The van der Waals surface area contributed by atoms with Gasteiger partial charge in [-0.25, -0.2) is 9.34 Å². The molecular formula is C27H28N3O6P. The van der Waals surface area contributed by atoms with Crippen molar-refractivity contribution >= 4 is 19.1 Å². The summed E-state index contributed by atoms with van der Waals surface area (Å²) in [6, 6.07) is 20.6. The Hall–Kier alpha value is -3.36. The highest BCUT2D eigenvalue weighted by molar-refractivity contribution is 7.54. The molecule has 0 N–H and O–H groups in total. The van der Waals surface area contributed by atoms with E-state index in [2.05, 4.69) is 0 Å². The largest absolute Gasteiger partial charge is 0.450 e. The highest BCUT2D eigenvalue weighted by Crippen LogP contribution is 2.63. The second-order valence-corrected chi connectivity index (χ2v) is 11.6. The van der Waals surface area contributed by atoms with Crippen molar-refractivity contribution in [3.8, 4) is 11.5 Å². The number of ketones is 1. The SMILES string of the molecule is CC(OP(=O)(N1CC1)N1CC1)c1ccc([N+](=O)[O-])c(Oc2ccc(C(=O)C(C)c3ccccc3)cc2)c1. The Morgan fingerprint density at radius 2 is 1.54 bits per heavy atom. The summed E-state index contributed by atoms with van der Waals surface area (Å²) in [5.41, 5.74) is 1.87. The first-order valence-electron chi connectivity index (χ1n) is 12.2. The van der Waals surface area contributed by atoms with Gasteiger partial charge < -0.3 is 4.74 Å². The minimum Gasteiger partial charge on any atom is -0.450 e. The molecule has 2 heterocycles. The molecule has 0 radical (unpaired) electrons. The van der Waals surface area contributed by atoms with Crippen molar-refractivity contribution in [2.45, 2.75) is 25.9 Å². The number of nitro groups is 1. The Morgan fingerprint density at radius 3 is 2.11 bits per heavy atom. The molecule has 0 amide bonds. The van der Waals surface area contributed by atoms with E-state index in [9.17, 15) is 19.5 Å². The smallest absolute Gasteiger partial charge is 0.346 e. The van der Waals surface area contributed by atoms with E-state index in [0.29, 0.717) is 16.9 Å². The van der Waals surface area contributed by atoms with Crippen LogP contribution in [0.1, 0.15) is 47.4 Å². The van der Waals surface area contributed by atoms with Gasteiger partial charge in [0.25, 0.3) is 0 Å². The second kappa shape index (κ2) is 10.2. The minimum absolute atomic E-state index is 0.0288. The van der Waals surface area contributed by atoms with Crippen LogP contribution in [-0.2, 0) is 9.09 Å². The van der Waals surface area contributed by atoms with Gasteiger partial charge in [0, 0.05) is 43.7 Å². The maximum absolute atomic E-state index is 13.4. The van der Waals surface area contributed by atoms with Crippen molar-refractivity contribution in [1.82, 2.24) is 9.34 Å². The van der Waals surface area contributed by atoms with Crippen LogP contribution in [0.15, 0.2) is 72.8 Å². The number of ether oxygens (including phenoxy) is 1. The van der Waals surface area contributed by atoms with E-state index in [1.807, 2.05) is 46.6 Å². The Kier molecular flexibility index (Phi) is 6.96. The lowest BCUT2D eigenvalue weighted by Crippen LogP contribution is -2.10. The number of Topliss-reactive ketones (excluding diaryl/α,β-unsaturated/α-hetero) is 1. The molecular weight excluding hydrogens is 493 g/mol. The van der Waals surface area contributed by atoms with Crippen molar-refractivity contribution in [1.29, 1.82) is 0 Å². The van der Waals surface area contributed by atoms with E-state index in [-0.39, 0.29) is 23.1 Å². The summed E-state index contributed by atoms with van der Waals surface area (Å²) in [6.07, 6.45) is -0.561. The van der Waals surface area contributed by atoms with Gasteiger partial charge in [-0.2, -0.15) is 0 Å². The average molecular weight is 522 g/mol. The molecule has 37 heavy (non-hydrogen) atoms. The van der Waals surface area contributed by atoms with Crippen molar-refractivity contribution in [2.24, 2.45) is 0 Å². The van der Waals surface area contributed by atoms with Gasteiger partial charge in [0.1, 0.15) is 5.75 Å². The number of hydrogen-bond donors (Lipinski definition) is 0. The van der Waals surface area contributed by atoms with Gasteiger partial charge in [-0.05, 0) is 54.4 Å². The number of benzene rings is 3. The van der Waals surface area contributed by atoms with Crippen LogP contribution in [0, 0.1) is 10.1 Å². The van der Waals surface area contributed by atoms with Crippen LogP contribution < -0.4 is 4.74 Å². The zero-order chi connectivity index (χ0) is 26.2. The van der Waals surface area contributed by atoms with E-state index < -0.39 is 18.7 Å². The molecule has 2 saturated heterocycles. The first kappa shape index (κ1) is 25.3. The molecule has 0 aliphatic carbocycles. The Balaban J connectivity index is 1.33. The molecule has 192 valence electrons. The fourth-order valence-corrected chi connectivity index (χ4v) is 6.50. The maximum Gasteiger partial charge on any atom is 0.346 e. The molecule has 0 bridgehead atoms. The van der Waals surface area contributed by atoms with Crippen LogP contribution >= 0.6 is 7.67 Å². The Labute approximate surface area is 215 Å². The van der Waals surface area contributed by atoms with Crippen LogP contribution in [0.5, 0.6) is 11.5 Å². The minimum atomic E-state index is -3.06. The number of hydrogen-bond acceptors (Lipinski definition) is 6. The molecule has 0 spiro atoms. The van der Waals surface area contributed by atoms with Gasteiger partial charge in [-0.15, -0.1) is 0 Å². The first-order chi connectivity index (χ1) is 17.8. The Morgan fingerprint density at radius 1 is 0.919 bits per heavy atom. The van der Waals surface area contributed by atoms with Crippen LogP contribution in [0.3, 0.4) is 0 Å². The molecule has 9 nitrogen and oxygen atoms in total. The predicted molar refractivity (Wildman–Crippen MR) is 139 cm³/mol. The molecule has 2 unspecified atom stereocenters. The molecule has 2 fully saturated rings. The third kappa shape index (κ3) is 5.50. The zero-order valence-corrected chi connectivity index (χ0v) is 21.5. The van der Waals surface area contributed by atoms with E-state index >= 15 is 0 Å². The predicted octanol–water partition coefficient (Wildman–Crippen LogP) is 6.19. The number of carbonyl (C=O) groups is 1. The first-order valence-corrected chi connectivity index (χ1v) is 13.7. The third-order valence-corrected chi connectivity index (χ3v) is 9.39. The molecule has 3 aromatic rings. The van der Waals surface area contributed by atoms with Crippen molar-refractivity contribution in [3.05, 3.63) is 99.6 Å². The van der Waals surface area contributed by atoms with Crippen LogP contribution in [-0.4, -0.2) is 46.2 Å². The quantitative estimate of drug-likeness (QED) is 0.0968. The normalized spacial score (nSPS) is 17.1. The van der Waals surface area contributed by atoms with E-state index in [1.165, 1.54) is 6.07 Å².